The average Bonchev–Trinajstić information content (AvgIpc) is 2.93. The fraction of sp³-hybridized carbons (Fsp3) is 0.222. The van der Waals surface area contributed by atoms with Crippen LogP contribution in [-0.2, 0) is 11.2 Å². The Labute approximate surface area is 134 Å². The molecular formula is C18H17NO4. The van der Waals surface area contributed by atoms with Gasteiger partial charge in [0.1, 0.15) is 0 Å². The molecule has 1 aliphatic heterocycles. The van der Waals surface area contributed by atoms with E-state index in [0.29, 0.717) is 22.7 Å². The molecule has 0 fully saturated rings. The zero-order chi connectivity index (χ0) is 16.4. The number of benzene rings is 2. The van der Waals surface area contributed by atoms with Gasteiger partial charge in [0.25, 0.3) is 0 Å². The summed E-state index contributed by atoms with van der Waals surface area (Å²) in [4.78, 5) is 24.1. The first-order chi connectivity index (χ1) is 11.0. The van der Waals surface area contributed by atoms with Gasteiger partial charge in [-0.2, -0.15) is 0 Å². The van der Waals surface area contributed by atoms with Crippen molar-refractivity contribution in [3.8, 4) is 11.5 Å². The predicted molar refractivity (Wildman–Crippen MR) is 86.1 cm³/mol. The van der Waals surface area contributed by atoms with Gasteiger partial charge in [0.05, 0.1) is 12.1 Å². The summed E-state index contributed by atoms with van der Waals surface area (Å²) in [5.41, 5.74) is 2.88. The SMILES string of the molecule is CC(=O)c1cc2c(cc1NC(=O)Cc1cccc(C)c1)OCO2. The highest BCUT2D eigenvalue weighted by molar-refractivity contribution is 6.04. The molecule has 0 atom stereocenters. The fourth-order valence-corrected chi connectivity index (χ4v) is 2.54. The van der Waals surface area contributed by atoms with Gasteiger partial charge < -0.3 is 14.8 Å². The van der Waals surface area contributed by atoms with Crippen LogP contribution in [0.25, 0.3) is 0 Å². The molecule has 5 nitrogen and oxygen atoms in total. The molecule has 1 aliphatic rings. The molecule has 0 unspecified atom stereocenters. The molecular weight excluding hydrogens is 294 g/mol. The third-order valence-corrected chi connectivity index (χ3v) is 3.61. The number of fused-ring (bicyclic) bond motifs is 1. The normalized spacial score (nSPS) is 12.1. The molecule has 5 heteroatoms. The standard InChI is InChI=1S/C18H17NO4/c1-11-4-3-5-13(6-11)7-18(21)19-15-9-17-16(22-10-23-17)8-14(15)12(2)20/h3-6,8-9H,7,10H2,1-2H3,(H,19,21). The van der Waals surface area contributed by atoms with E-state index in [2.05, 4.69) is 5.32 Å². The number of anilines is 1. The van der Waals surface area contributed by atoms with Crippen molar-refractivity contribution in [3.63, 3.8) is 0 Å². The van der Waals surface area contributed by atoms with Crippen LogP contribution in [0.2, 0.25) is 0 Å². The summed E-state index contributed by atoms with van der Waals surface area (Å²) in [5, 5.41) is 2.79. The zero-order valence-electron chi connectivity index (χ0n) is 13.0. The van der Waals surface area contributed by atoms with E-state index in [9.17, 15) is 9.59 Å². The number of hydrogen-bond acceptors (Lipinski definition) is 4. The largest absolute Gasteiger partial charge is 0.454 e. The van der Waals surface area contributed by atoms with E-state index < -0.39 is 0 Å². The van der Waals surface area contributed by atoms with Crippen molar-refractivity contribution in [1.82, 2.24) is 0 Å². The van der Waals surface area contributed by atoms with Gasteiger partial charge in [-0.05, 0) is 25.5 Å². The number of nitrogens with one attached hydrogen (secondary N) is 1. The average molecular weight is 311 g/mol. The Morgan fingerprint density at radius 1 is 1.13 bits per heavy atom. The molecule has 1 N–H and O–H groups in total. The van der Waals surface area contributed by atoms with Gasteiger partial charge in [-0.1, -0.05) is 29.8 Å². The lowest BCUT2D eigenvalue weighted by atomic mass is 10.1. The number of ketones is 1. The summed E-state index contributed by atoms with van der Waals surface area (Å²) in [5.74, 6) is 0.721. The summed E-state index contributed by atoms with van der Waals surface area (Å²) >= 11 is 0. The molecule has 0 aromatic heterocycles. The molecule has 0 saturated heterocycles. The quantitative estimate of drug-likeness (QED) is 0.881. The third kappa shape index (κ3) is 3.34. The highest BCUT2D eigenvalue weighted by Crippen LogP contribution is 2.37. The lowest BCUT2D eigenvalue weighted by molar-refractivity contribution is -0.115. The van der Waals surface area contributed by atoms with Crippen molar-refractivity contribution >= 4 is 17.4 Å². The molecule has 3 rings (SSSR count). The number of aryl methyl sites for hydroxylation is 1. The Morgan fingerprint density at radius 2 is 1.87 bits per heavy atom. The fourth-order valence-electron chi connectivity index (χ4n) is 2.54. The van der Waals surface area contributed by atoms with E-state index in [1.54, 1.807) is 12.1 Å². The van der Waals surface area contributed by atoms with E-state index >= 15 is 0 Å². The van der Waals surface area contributed by atoms with Crippen LogP contribution in [0.5, 0.6) is 11.5 Å². The highest BCUT2D eigenvalue weighted by Gasteiger charge is 2.20. The van der Waals surface area contributed by atoms with E-state index in [4.69, 9.17) is 9.47 Å². The second-order valence-electron chi connectivity index (χ2n) is 5.52. The smallest absolute Gasteiger partial charge is 0.231 e. The summed E-state index contributed by atoms with van der Waals surface area (Å²) in [7, 11) is 0. The van der Waals surface area contributed by atoms with Crippen molar-refractivity contribution < 1.29 is 19.1 Å². The molecule has 1 heterocycles. The number of hydrogen-bond donors (Lipinski definition) is 1. The molecule has 23 heavy (non-hydrogen) atoms. The maximum atomic E-state index is 12.3. The van der Waals surface area contributed by atoms with Gasteiger partial charge in [-0.3, -0.25) is 9.59 Å². The topological polar surface area (TPSA) is 64.6 Å². The molecule has 0 aliphatic carbocycles. The van der Waals surface area contributed by atoms with Gasteiger partial charge >= 0.3 is 0 Å². The first-order valence-corrected chi connectivity index (χ1v) is 7.33. The Balaban J connectivity index is 1.81. The minimum absolute atomic E-state index is 0.118. The van der Waals surface area contributed by atoms with E-state index in [1.807, 2.05) is 31.2 Å². The first-order valence-electron chi connectivity index (χ1n) is 7.33. The molecule has 2 aromatic rings. The summed E-state index contributed by atoms with van der Waals surface area (Å²) < 4.78 is 10.6. The first kappa shape index (κ1) is 15.1. The van der Waals surface area contributed by atoms with Gasteiger partial charge in [-0.25, -0.2) is 0 Å². The maximum absolute atomic E-state index is 12.3. The van der Waals surface area contributed by atoms with Crippen molar-refractivity contribution in [1.29, 1.82) is 0 Å². The Bertz CT molecular complexity index is 783. The molecule has 0 saturated carbocycles. The van der Waals surface area contributed by atoms with Gasteiger partial charge in [0.2, 0.25) is 12.7 Å². The molecule has 0 radical (unpaired) electrons. The highest BCUT2D eigenvalue weighted by atomic mass is 16.7. The predicted octanol–water partition coefficient (Wildman–Crippen LogP) is 3.11. The van der Waals surface area contributed by atoms with Crippen LogP contribution in [0.1, 0.15) is 28.4 Å². The number of ether oxygens (including phenoxy) is 2. The Morgan fingerprint density at radius 3 is 2.57 bits per heavy atom. The number of amides is 1. The number of carbonyl (C=O) groups is 2. The van der Waals surface area contributed by atoms with Crippen LogP contribution < -0.4 is 14.8 Å². The van der Waals surface area contributed by atoms with E-state index in [0.717, 1.165) is 11.1 Å². The van der Waals surface area contributed by atoms with Crippen molar-refractivity contribution in [3.05, 3.63) is 53.1 Å². The summed E-state index contributed by atoms with van der Waals surface area (Å²) in [6.07, 6.45) is 0.244. The number of Topliss-reactive ketones (excluding diaryl/α,β-unsaturated/α-hetero) is 1. The van der Waals surface area contributed by atoms with Crippen molar-refractivity contribution in [2.24, 2.45) is 0 Å². The van der Waals surface area contributed by atoms with Gasteiger partial charge in [-0.15, -0.1) is 0 Å². The summed E-state index contributed by atoms with van der Waals surface area (Å²) in [6.45, 7) is 3.55. The van der Waals surface area contributed by atoms with Gasteiger partial charge in [0.15, 0.2) is 17.3 Å². The lowest BCUT2D eigenvalue weighted by Gasteiger charge is -2.11. The second kappa shape index (κ2) is 6.12. The Kier molecular flexibility index (Phi) is 4.02. The lowest BCUT2D eigenvalue weighted by Crippen LogP contribution is -2.16. The van der Waals surface area contributed by atoms with Crippen LogP contribution in [0.3, 0.4) is 0 Å². The van der Waals surface area contributed by atoms with Crippen molar-refractivity contribution in [2.45, 2.75) is 20.3 Å². The van der Waals surface area contributed by atoms with Crippen LogP contribution in [0, 0.1) is 6.92 Å². The second-order valence-corrected chi connectivity index (χ2v) is 5.52. The third-order valence-electron chi connectivity index (χ3n) is 3.61. The summed E-state index contributed by atoms with van der Waals surface area (Å²) in [6, 6.07) is 11.0. The molecule has 118 valence electrons. The molecule has 1 amide bonds. The van der Waals surface area contributed by atoms with Crippen LogP contribution >= 0.6 is 0 Å². The minimum Gasteiger partial charge on any atom is -0.454 e. The van der Waals surface area contributed by atoms with Gasteiger partial charge in [0, 0.05) is 11.6 Å². The van der Waals surface area contributed by atoms with Crippen LogP contribution in [-0.4, -0.2) is 18.5 Å². The maximum Gasteiger partial charge on any atom is 0.231 e. The minimum atomic E-state index is -0.183. The monoisotopic (exact) mass is 311 g/mol. The zero-order valence-corrected chi connectivity index (χ0v) is 13.0. The number of rotatable bonds is 4. The van der Waals surface area contributed by atoms with E-state index in [1.165, 1.54) is 6.92 Å². The van der Waals surface area contributed by atoms with Crippen molar-refractivity contribution in [2.75, 3.05) is 12.1 Å². The Hall–Kier alpha value is -2.82. The molecule has 0 spiro atoms. The van der Waals surface area contributed by atoms with Crippen LogP contribution in [0.15, 0.2) is 36.4 Å². The van der Waals surface area contributed by atoms with Crippen LogP contribution in [0.4, 0.5) is 5.69 Å². The molecule has 0 bridgehead atoms. The molecule has 2 aromatic carbocycles. The number of carbonyl (C=O) groups excluding carboxylic acids is 2. The van der Waals surface area contributed by atoms with E-state index in [-0.39, 0.29) is 24.9 Å².